The second-order valence-corrected chi connectivity index (χ2v) is 11.9. The van der Waals surface area contributed by atoms with Gasteiger partial charge in [0, 0.05) is 55.3 Å². The zero-order valence-corrected chi connectivity index (χ0v) is 27.0. The third kappa shape index (κ3) is 7.99. The number of methoxy groups -OCH3 is 1. The number of aromatic nitrogens is 1. The molecular weight excluding hydrogens is 564 g/mol. The van der Waals surface area contributed by atoms with E-state index in [-0.39, 0.29) is 23.0 Å². The summed E-state index contributed by atoms with van der Waals surface area (Å²) in [6, 6.07) is 14.5. The van der Waals surface area contributed by atoms with Crippen LogP contribution in [-0.4, -0.2) is 68.8 Å². The highest BCUT2D eigenvalue weighted by Crippen LogP contribution is 2.36. The molecule has 1 fully saturated rings. The van der Waals surface area contributed by atoms with Crippen LogP contribution in [-0.2, 0) is 11.3 Å². The Balaban J connectivity index is 1.68. The summed E-state index contributed by atoms with van der Waals surface area (Å²) in [6.45, 7) is 7.84. The first kappa shape index (κ1) is 32.6. The second-order valence-electron chi connectivity index (χ2n) is 11.5. The van der Waals surface area contributed by atoms with Gasteiger partial charge in [0.1, 0.15) is 17.5 Å². The van der Waals surface area contributed by atoms with Gasteiger partial charge in [-0.3, -0.25) is 9.59 Å². The summed E-state index contributed by atoms with van der Waals surface area (Å²) in [7, 11) is 5.97. The number of amides is 1. The quantitative estimate of drug-likeness (QED) is 0.195. The molecule has 0 atom stereocenters. The van der Waals surface area contributed by atoms with Gasteiger partial charge in [-0.05, 0) is 102 Å². The average molecular weight is 609 g/mol. The lowest BCUT2D eigenvalue weighted by Gasteiger charge is -2.40. The molecule has 8 nitrogen and oxygen atoms in total. The Bertz CT molecular complexity index is 1450. The minimum atomic E-state index is -0.247. The maximum atomic E-state index is 13.7. The molecule has 0 spiro atoms. The smallest absolute Gasteiger partial charge is 0.251 e. The number of benzene rings is 2. The fourth-order valence-electron chi connectivity index (χ4n) is 6.00. The van der Waals surface area contributed by atoms with Gasteiger partial charge in [0.2, 0.25) is 0 Å². The Morgan fingerprint density at radius 3 is 2.28 bits per heavy atom. The number of hydrogen-bond donors (Lipinski definition) is 2. The van der Waals surface area contributed by atoms with Gasteiger partial charge in [-0.2, -0.15) is 0 Å². The van der Waals surface area contributed by atoms with Crippen molar-refractivity contribution in [2.24, 2.45) is 0 Å². The number of aryl methyl sites for hydroxylation is 1. The van der Waals surface area contributed by atoms with Gasteiger partial charge >= 0.3 is 0 Å². The van der Waals surface area contributed by atoms with Crippen LogP contribution in [0.5, 0.6) is 5.75 Å². The number of aromatic amines is 1. The van der Waals surface area contributed by atoms with Gasteiger partial charge in [0.25, 0.3) is 5.91 Å². The van der Waals surface area contributed by atoms with Crippen LogP contribution in [0.15, 0.2) is 47.3 Å². The highest BCUT2D eigenvalue weighted by Gasteiger charge is 2.28. The number of ether oxygens (including phenoxy) is 2. The predicted octanol–water partition coefficient (Wildman–Crippen LogP) is 5.97. The van der Waals surface area contributed by atoms with Gasteiger partial charge in [-0.1, -0.05) is 23.7 Å². The van der Waals surface area contributed by atoms with Gasteiger partial charge in [0.15, 0.2) is 5.43 Å². The van der Waals surface area contributed by atoms with Gasteiger partial charge in [-0.15, -0.1) is 0 Å². The first-order valence-electron chi connectivity index (χ1n) is 15.1. The molecule has 0 saturated heterocycles. The summed E-state index contributed by atoms with van der Waals surface area (Å²) in [4.78, 5) is 34.1. The Kier molecular flexibility index (Phi) is 11.3. The monoisotopic (exact) mass is 608 g/mol. The molecule has 2 N–H and O–H groups in total. The van der Waals surface area contributed by atoms with E-state index in [4.69, 9.17) is 21.1 Å². The summed E-state index contributed by atoms with van der Waals surface area (Å²) in [5, 5.41) is 3.20. The van der Waals surface area contributed by atoms with Crippen LogP contribution in [0.1, 0.15) is 59.8 Å². The van der Waals surface area contributed by atoms with E-state index in [2.05, 4.69) is 47.2 Å². The normalized spacial score (nSPS) is 16.7. The topological polar surface area (TPSA) is 86.9 Å². The zero-order valence-electron chi connectivity index (χ0n) is 26.3. The Hall–Kier alpha value is -3.33. The molecule has 9 heteroatoms. The van der Waals surface area contributed by atoms with Crippen LogP contribution in [0, 0.1) is 13.8 Å². The summed E-state index contributed by atoms with van der Waals surface area (Å²) < 4.78 is 10.9. The maximum Gasteiger partial charge on any atom is 0.251 e. The van der Waals surface area contributed by atoms with Crippen molar-refractivity contribution in [1.29, 1.82) is 0 Å². The van der Waals surface area contributed by atoms with Crippen molar-refractivity contribution in [2.75, 3.05) is 45.9 Å². The van der Waals surface area contributed by atoms with E-state index in [9.17, 15) is 9.59 Å². The van der Waals surface area contributed by atoms with Crippen molar-refractivity contribution in [3.63, 3.8) is 0 Å². The molecule has 0 radical (unpaired) electrons. The van der Waals surface area contributed by atoms with Crippen LogP contribution >= 0.6 is 11.6 Å². The number of hydrogen-bond acceptors (Lipinski definition) is 6. The highest BCUT2D eigenvalue weighted by molar-refractivity contribution is 6.30. The lowest BCUT2D eigenvalue weighted by Crippen LogP contribution is -2.42. The number of anilines is 1. The Morgan fingerprint density at radius 2 is 1.67 bits per heavy atom. The Labute approximate surface area is 260 Å². The number of nitrogens with zero attached hydrogens (tertiary/aromatic N) is 2. The van der Waals surface area contributed by atoms with Crippen LogP contribution in [0.25, 0.3) is 11.1 Å². The largest absolute Gasteiger partial charge is 0.491 e. The zero-order chi connectivity index (χ0) is 31.1. The number of carbonyl (C=O) groups is 1. The van der Waals surface area contributed by atoms with E-state index < -0.39 is 0 Å². The predicted molar refractivity (Wildman–Crippen MR) is 175 cm³/mol. The summed E-state index contributed by atoms with van der Waals surface area (Å²) in [5.41, 5.74) is 5.30. The molecule has 4 rings (SSSR count). The minimum Gasteiger partial charge on any atom is -0.491 e. The fraction of sp³-hybridized carbons (Fsp3) is 0.471. The van der Waals surface area contributed by atoms with Gasteiger partial charge < -0.3 is 29.6 Å². The van der Waals surface area contributed by atoms with Crippen LogP contribution < -0.4 is 20.4 Å². The number of pyridine rings is 1. The molecule has 232 valence electrons. The standard InChI is InChI=1S/C34H45ClN4O4/c1-7-39(27-12-10-26(11-13-27)38(4)5)31-20-25(24-8-14-28(15-9-24)43-17-16-42-6)19-29(23(31)3)34(41)36-21-30-32(40)18-22(2)37-33(30)35/h8-9,14-15,18-20,26-27H,7,10-13,16-17,21H2,1-6H3,(H,36,41)(H,37,40). The third-order valence-corrected chi connectivity index (χ3v) is 8.82. The number of nitrogens with one attached hydrogen (secondary N) is 2. The molecule has 43 heavy (non-hydrogen) atoms. The molecule has 1 aliphatic carbocycles. The van der Waals surface area contributed by atoms with Gasteiger partial charge in [-0.25, -0.2) is 0 Å². The molecule has 0 unspecified atom stereocenters. The van der Waals surface area contributed by atoms with Crippen molar-refractivity contribution in [3.8, 4) is 16.9 Å². The summed E-state index contributed by atoms with van der Waals surface area (Å²) in [6.07, 6.45) is 4.50. The summed E-state index contributed by atoms with van der Waals surface area (Å²) in [5.74, 6) is 0.516. The molecule has 1 saturated carbocycles. The molecule has 2 aromatic carbocycles. The second kappa shape index (κ2) is 14.9. The van der Waals surface area contributed by atoms with E-state index in [0.29, 0.717) is 42.1 Å². The molecule has 1 aromatic heterocycles. The van der Waals surface area contributed by atoms with Crippen molar-refractivity contribution >= 4 is 23.2 Å². The minimum absolute atomic E-state index is 0.0336. The molecule has 1 amide bonds. The molecule has 0 bridgehead atoms. The van der Waals surface area contributed by atoms with E-state index in [1.165, 1.54) is 6.07 Å². The highest BCUT2D eigenvalue weighted by atomic mass is 35.5. The van der Waals surface area contributed by atoms with Crippen molar-refractivity contribution < 1.29 is 14.3 Å². The first-order chi connectivity index (χ1) is 20.6. The van der Waals surface area contributed by atoms with E-state index in [1.54, 1.807) is 14.0 Å². The van der Waals surface area contributed by atoms with E-state index >= 15 is 0 Å². The maximum absolute atomic E-state index is 13.7. The average Bonchev–Trinajstić information content (AvgIpc) is 2.98. The van der Waals surface area contributed by atoms with Gasteiger partial charge in [0.05, 0.1) is 12.2 Å². The van der Waals surface area contributed by atoms with Crippen LogP contribution in [0.4, 0.5) is 5.69 Å². The Morgan fingerprint density at radius 1 is 1.00 bits per heavy atom. The third-order valence-electron chi connectivity index (χ3n) is 8.50. The van der Waals surface area contributed by atoms with E-state index in [0.717, 1.165) is 60.4 Å². The summed E-state index contributed by atoms with van der Waals surface area (Å²) >= 11 is 6.32. The molecule has 3 aromatic rings. The van der Waals surface area contributed by atoms with Crippen molar-refractivity contribution in [1.82, 2.24) is 15.2 Å². The molecule has 1 heterocycles. The number of halogens is 1. The number of carbonyl (C=O) groups excluding carboxylic acids is 1. The lowest BCUT2D eigenvalue weighted by atomic mass is 9.88. The number of rotatable bonds is 12. The molecule has 0 aliphatic heterocycles. The lowest BCUT2D eigenvalue weighted by molar-refractivity contribution is 0.0950. The van der Waals surface area contributed by atoms with Crippen LogP contribution in [0.3, 0.4) is 0 Å². The number of H-pyrrole nitrogens is 1. The molecule has 1 aliphatic rings. The molecular formula is C34H45ClN4O4. The van der Waals surface area contributed by atoms with Crippen molar-refractivity contribution in [2.45, 2.75) is 65.1 Å². The van der Waals surface area contributed by atoms with Crippen LogP contribution in [0.2, 0.25) is 5.15 Å². The first-order valence-corrected chi connectivity index (χ1v) is 15.5. The van der Waals surface area contributed by atoms with Crippen molar-refractivity contribution in [3.05, 3.63) is 80.2 Å². The fourth-order valence-corrected chi connectivity index (χ4v) is 6.31. The van der Waals surface area contributed by atoms with E-state index in [1.807, 2.05) is 37.3 Å². The SMILES string of the molecule is CCN(c1cc(-c2ccc(OCCOC)cc2)cc(C(=O)NCc2c(Cl)[nH]c(C)cc2=O)c1C)C1CCC(N(C)C)CC1.